The van der Waals surface area contributed by atoms with Gasteiger partial charge in [-0.1, -0.05) is 0 Å². The molecule has 0 spiro atoms. The van der Waals surface area contributed by atoms with Gasteiger partial charge < -0.3 is 0 Å². The maximum absolute atomic E-state index is 5.32. The van der Waals surface area contributed by atoms with Crippen LogP contribution in [-0.4, -0.2) is 46.1 Å². The van der Waals surface area contributed by atoms with E-state index in [4.69, 9.17) is 4.74 Å². The summed E-state index contributed by atoms with van der Waals surface area (Å²) in [6.45, 7) is 5.60. The van der Waals surface area contributed by atoms with Gasteiger partial charge in [-0.3, -0.25) is 0 Å². The van der Waals surface area contributed by atoms with Crippen molar-refractivity contribution in [2.75, 3.05) is 20.7 Å². The Hall–Kier alpha value is -0.761. The molecule has 0 radical (unpaired) electrons. The SMILES string of the molecule is COc1ccc2[se]cc(CCN(C)C(C)C)c2c1. The third-order valence-corrected chi connectivity index (χ3v) is 5.60. The number of likely N-dealkylation sites (N-methyl/N-ethyl adjacent to an activating group) is 1. The number of ether oxygens (including phenoxy) is 1. The van der Waals surface area contributed by atoms with Crippen LogP contribution < -0.4 is 4.74 Å². The summed E-state index contributed by atoms with van der Waals surface area (Å²) >= 11 is 0.507. The summed E-state index contributed by atoms with van der Waals surface area (Å²) in [7, 11) is 3.93. The molecule has 1 heterocycles. The van der Waals surface area contributed by atoms with Crippen LogP contribution in [0.2, 0.25) is 0 Å². The zero-order valence-electron chi connectivity index (χ0n) is 11.6. The molecule has 0 aliphatic carbocycles. The number of fused-ring (bicyclic) bond motifs is 1. The van der Waals surface area contributed by atoms with Gasteiger partial charge >= 0.3 is 115 Å². The van der Waals surface area contributed by atoms with Crippen molar-refractivity contribution in [1.29, 1.82) is 0 Å². The molecule has 0 fully saturated rings. The molecule has 0 aliphatic rings. The molecule has 0 aliphatic heterocycles. The minimum absolute atomic E-state index is 0.507. The Balaban J connectivity index is 2.18. The summed E-state index contributed by atoms with van der Waals surface area (Å²) in [6.07, 6.45) is 1.14. The van der Waals surface area contributed by atoms with E-state index >= 15 is 0 Å². The van der Waals surface area contributed by atoms with Crippen molar-refractivity contribution in [3.8, 4) is 5.75 Å². The van der Waals surface area contributed by atoms with Gasteiger partial charge in [0.2, 0.25) is 0 Å². The fraction of sp³-hybridized carbons (Fsp3) is 0.467. The van der Waals surface area contributed by atoms with Crippen molar-refractivity contribution in [3.05, 3.63) is 28.7 Å². The standard InChI is InChI=1S/C15H21NOSe/c1-11(2)16(3)8-7-12-10-18-15-6-5-13(17-4)9-14(12)15/h5-6,9-11H,7-8H2,1-4H3. The Labute approximate surface area is 115 Å². The Kier molecular flexibility index (Phi) is 4.49. The van der Waals surface area contributed by atoms with E-state index in [9.17, 15) is 0 Å². The summed E-state index contributed by atoms with van der Waals surface area (Å²) in [6, 6.07) is 7.08. The van der Waals surface area contributed by atoms with Crippen molar-refractivity contribution in [1.82, 2.24) is 4.90 Å². The van der Waals surface area contributed by atoms with Crippen LogP contribution in [0.5, 0.6) is 5.75 Å². The van der Waals surface area contributed by atoms with Crippen LogP contribution in [-0.2, 0) is 6.42 Å². The molecule has 1 aromatic carbocycles. The normalized spacial score (nSPS) is 11.7. The van der Waals surface area contributed by atoms with E-state index in [-0.39, 0.29) is 0 Å². The average molecular weight is 310 g/mol. The number of nitrogens with zero attached hydrogens (tertiary/aromatic N) is 1. The predicted molar refractivity (Wildman–Crippen MR) is 78.9 cm³/mol. The van der Waals surface area contributed by atoms with Gasteiger partial charge in [0.25, 0.3) is 0 Å². The molecule has 0 bridgehead atoms. The summed E-state index contributed by atoms with van der Waals surface area (Å²) in [5, 5.41) is 1.41. The fourth-order valence-electron chi connectivity index (χ4n) is 1.94. The Morgan fingerprint density at radius 3 is 2.78 bits per heavy atom. The molecule has 98 valence electrons. The molecule has 0 saturated heterocycles. The van der Waals surface area contributed by atoms with Crippen molar-refractivity contribution in [2.24, 2.45) is 0 Å². The van der Waals surface area contributed by atoms with Gasteiger partial charge in [0, 0.05) is 0 Å². The second kappa shape index (κ2) is 5.92. The van der Waals surface area contributed by atoms with Crippen molar-refractivity contribution in [3.63, 3.8) is 0 Å². The second-order valence-electron chi connectivity index (χ2n) is 4.95. The molecular weight excluding hydrogens is 289 g/mol. The van der Waals surface area contributed by atoms with E-state index < -0.39 is 0 Å². The monoisotopic (exact) mass is 311 g/mol. The van der Waals surface area contributed by atoms with Crippen molar-refractivity contribution >= 4 is 24.1 Å². The number of rotatable bonds is 5. The molecular formula is C15H21NOSe. The Bertz CT molecular complexity index is 518. The van der Waals surface area contributed by atoms with E-state index in [1.807, 2.05) is 0 Å². The number of hydrogen-bond acceptors (Lipinski definition) is 2. The summed E-state index contributed by atoms with van der Waals surface area (Å²) in [5.41, 5.74) is 1.50. The first-order chi connectivity index (χ1) is 8.61. The first kappa shape index (κ1) is 13.7. The van der Waals surface area contributed by atoms with Crippen LogP contribution in [0.15, 0.2) is 23.1 Å². The fourth-order valence-corrected chi connectivity index (χ4v) is 3.99. The summed E-state index contributed by atoms with van der Waals surface area (Å²) < 4.78 is 6.81. The van der Waals surface area contributed by atoms with E-state index in [1.165, 1.54) is 15.2 Å². The first-order valence-electron chi connectivity index (χ1n) is 6.36. The van der Waals surface area contributed by atoms with Gasteiger partial charge in [-0.15, -0.1) is 0 Å². The predicted octanol–water partition coefficient (Wildman–Crippen LogP) is 2.79. The molecule has 1 aromatic heterocycles. The molecule has 2 rings (SSSR count). The van der Waals surface area contributed by atoms with Gasteiger partial charge in [0.15, 0.2) is 0 Å². The third kappa shape index (κ3) is 2.97. The molecule has 0 N–H and O–H groups in total. The van der Waals surface area contributed by atoms with E-state index in [0.29, 0.717) is 20.5 Å². The van der Waals surface area contributed by atoms with E-state index in [1.54, 1.807) is 7.11 Å². The second-order valence-corrected chi connectivity index (χ2v) is 6.86. The first-order valence-corrected chi connectivity index (χ1v) is 8.20. The van der Waals surface area contributed by atoms with Crippen molar-refractivity contribution in [2.45, 2.75) is 26.3 Å². The minimum atomic E-state index is 0.507. The van der Waals surface area contributed by atoms with Crippen LogP contribution in [0.3, 0.4) is 0 Å². The number of methoxy groups -OCH3 is 1. The molecule has 0 saturated carbocycles. The third-order valence-electron chi connectivity index (χ3n) is 3.48. The van der Waals surface area contributed by atoms with E-state index in [0.717, 1.165) is 18.7 Å². The van der Waals surface area contributed by atoms with Gasteiger partial charge in [0.05, 0.1) is 0 Å². The maximum atomic E-state index is 5.32. The molecule has 0 atom stereocenters. The molecule has 0 amide bonds. The zero-order valence-corrected chi connectivity index (χ0v) is 13.3. The van der Waals surface area contributed by atoms with E-state index in [2.05, 4.69) is 48.9 Å². The van der Waals surface area contributed by atoms with Gasteiger partial charge in [0.1, 0.15) is 0 Å². The number of benzene rings is 1. The van der Waals surface area contributed by atoms with Crippen LogP contribution in [0.1, 0.15) is 19.4 Å². The zero-order chi connectivity index (χ0) is 13.1. The van der Waals surface area contributed by atoms with Gasteiger partial charge in [-0.25, -0.2) is 0 Å². The van der Waals surface area contributed by atoms with Gasteiger partial charge in [-0.2, -0.15) is 0 Å². The van der Waals surface area contributed by atoms with Crippen LogP contribution >= 0.6 is 0 Å². The molecule has 2 nitrogen and oxygen atoms in total. The Morgan fingerprint density at radius 2 is 2.11 bits per heavy atom. The average Bonchev–Trinajstić information content (AvgIpc) is 2.77. The van der Waals surface area contributed by atoms with Crippen LogP contribution in [0, 0.1) is 0 Å². The summed E-state index contributed by atoms with van der Waals surface area (Å²) in [5.74, 6) is 0.967. The van der Waals surface area contributed by atoms with Gasteiger partial charge in [-0.05, 0) is 0 Å². The molecule has 2 aromatic rings. The molecule has 3 heteroatoms. The number of hydrogen-bond donors (Lipinski definition) is 0. The van der Waals surface area contributed by atoms with Crippen LogP contribution in [0.4, 0.5) is 0 Å². The topological polar surface area (TPSA) is 12.5 Å². The summed E-state index contributed by atoms with van der Waals surface area (Å²) in [4.78, 5) is 4.82. The molecule has 18 heavy (non-hydrogen) atoms. The quantitative estimate of drug-likeness (QED) is 0.788. The van der Waals surface area contributed by atoms with Crippen molar-refractivity contribution < 1.29 is 4.74 Å². The van der Waals surface area contributed by atoms with Crippen LogP contribution in [0.25, 0.3) is 9.65 Å². The molecule has 0 unspecified atom stereocenters. The Morgan fingerprint density at radius 1 is 1.33 bits per heavy atom.